The predicted molar refractivity (Wildman–Crippen MR) is 182 cm³/mol. The molecule has 0 aliphatic carbocycles. The van der Waals surface area contributed by atoms with Gasteiger partial charge in [0, 0.05) is 44.0 Å². The average Bonchev–Trinajstić information content (AvgIpc) is 3.07. The summed E-state index contributed by atoms with van der Waals surface area (Å²) < 4.78 is 67.9. The fraction of sp³-hybridized carbons (Fsp3) is 0.429. The van der Waals surface area contributed by atoms with Crippen molar-refractivity contribution in [1.29, 1.82) is 0 Å². The maximum Gasteiger partial charge on any atom is 0.321 e. The summed E-state index contributed by atoms with van der Waals surface area (Å²) in [5.41, 5.74) is 0.610. The van der Waals surface area contributed by atoms with E-state index in [1.165, 1.54) is 52.3 Å². The summed E-state index contributed by atoms with van der Waals surface area (Å²) in [4.78, 5) is 30.1. The molecule has 266 valence electrons. The fourth-order valence-corrected chi connectivity index (χ4v) is 6.43. The first kappa shape index (κ1) is 37.5. The molecule has 0 saturated carbocycles. The summed E-state index contributed by atoms with van der Waals surface area (Å²) in [6.45, 7) is 5.81. The van der Waals surface area contributed by atoms with Crippen molar-refractivity contribution in [3.8, 4) is 5.75 Å². The Morgan fingerprint density at radius 1 is 1.02 bits per heavy atom. The van der Waals surface area contributed by atoms with Gasteiger partial charge in [0.2, 0.25) is 0 Å². The van der Waals surface area contributed by atoms with E-state index < -0.39 is 45.7 Å². The van der Waals surface area contributed by atoms with E-state index in [1.807, 2.05) is 13.8 Å². The van der Waals surface area contributed by atoms with E-state index >= 15 is 0 Å². The van der Waals surface area contributed by atoms with Crippen LogP contribution in [0.5, 0.6) is 5.75 Å². The number of likely N-dealkylation sites (N-methyl/N-ethyl adjacent to an activating group) is 1. The lowest BCUT2D eigenvalue weighted by molar-refractivity contribution is -0.0115. The quantitative estimate of drug-likeness (QED) is 0.273. The second kappa shape index (κ2) is 16.9. The van der Waals surface area contributed by atoms with Gasteiger partial charge in [0.05, 0.1) is 35.3 Å². The van der Waals surface area contributed by atoms with E-state index in [1.54, 1.807) is 14.0 Å². The molecule has 14 heteroatoms. The molecule has 1 aliphatic rings. The molecule has 49 heavy (non-hydrogen) atoms. The number of benzene rings is 3. The van der Waals surface area contributed by atoms with Gasteiger partial charge in [0.25, 0.3) is 15.9 Å². The smallest absolute Gasteiger partial charge is 0.321 e. The molecule has 0 saturated heterocycles. The Labute approximate surface area is 286 Å². The van der Waals surface area contributed by atoms with Crippen molar-refractivity contribution in [1.82, 2.24) is 9.80 Å². The lowest BCUT2D eigenvalue weighted by Crippen LogP contribution is -2.48. The summed E-state index contributed by atoms with van der Waals surface area (Å²) in [5.74, 6) is -1.58. The molecule has 4 atom stereocenters. The number of urea groups is 1. The minimum Gasteiger partial charge on any atom is -0.490 e. The second-order valence-electron chi connectivity index (χ2n) is 12.4. The Morgan fingerprint density at radius 2 is 1.65 bits per heavy atom. The number of anilines is 2. The molecule has 0 aromatic heterocycles. The van der Waals surface area contributed by atoms with Crippen molar-refractivity contribution in [3.05, 3.63) is 83.9 Å². The average molecular weight is 703 g/mol. The summed E-state index contributed by atoms with van der Waals surface area (Å²) in [5, 5.41) is 12.9. The van der Waals surface area contributed by atoms with Gasteiger partial charge in [-0.05, 0) is 99.8 Å². The summed E-state index contributed by atoms with van der Waals surface area (Å²) in [7, 11) is -2.50. The molecule has 0 spiro atoms. The number of carbonyl (C=O) groups excluding carboxylic acids is 2. The SMILES string of the molecule is C[C@@H]1CCCCO[C@@H](CN(C)C(=O)Nc2ccc(F)cc2)[C@H](C)CN([C@@H](C)CO)C(=O)c2cc(NS(=O)(=O)c3ccc(F)cc3)ccc2O1. The number of nitrogens with one attached hydrogen (secondary N) is 2. The number of carbonyl (C=O) groups is 2. The van der Waals surface area contributed by atoms with E-state index in [0.29, 0.717) is 18.7 Å². The van der Waals surface area contributed by atoms with Gasteiger partial charge >= 0.3 is 6.03 Å². The van der Waals surface area contributed by atoms with Gasteiger partial charge in [0.15, 0.2) is 0 Å². The van der Waals surface area contributed by atoms with Crippen molar-refractivity contribution in [2.45, 2.75) is 63.2 Å². The number of fused-ring (bicyclic) bond motifs is 1. The monoisotopic (exact) mass is 702 g/mol. The highest BCUT2D eigenvalue weighted by Gasteiger charge is 2.31. The Morgan fingerprint density at radius 3 is 2.31 bits per heavy atom. The minimum atomic E-state index is -4.12. The topological polar surface area (TPSA) is 138 Å². The molecule has 0 radical (unpaired) electrons. The molecule has 0 fully saturated rings. The molecular formula is C35H44F2N4O7S. The van der Waals surface area contributed by atoms with Gasteiger partial charge in [-0.25, -0.2) is 22.0 Å². The first-order valence-corrected chi connectivity index (χ1v) is 17.7. The van der Waals surface area contributed by atoms with Gasteiger partial charge in [-0.1, -0.05) is 6.92 Å². The summed E-state index contributed by atoms with van der Waals surface area (Å²) >= 11 is 0. The predicted octanol–water partition coefficient (Wildman–Crippen LogP) is 5.73. The van der Waals surface area contributed by atoms with Crippen LogP contribution in [-0.4, -0.2) is 86.9 Å². The molecule has 3 aromatic carbocycles. The van der Waals surface area contributed by atoms with Crippen molar-refractivity contribution in [2.75, 3.05) is 43.4 Å². The molecule has 3 amide bonds. The highest BCUT2D eigenvalue weighted by molar-refractivity contribution is 7.92. The van der Waals surface area contributed by atoms with E-state index in [9.17, 15) is 31.9 Å². The van der Waals surface area contributed by atoms with Crippen LogP contribution in [0.1, 0.15) is 50.4 Å². The standard InChI is InChI=1S/C35H44F2N4O7S/c1-23-20-41(24(2)22-42)34(43)31-19-29(39-49(45,46)30-15-10-27(37)11-16-30)14-17-32(31)48-25(3)7-5-6-18-47-33(23)21-40(4)35(44)38-28-12-8-26(36)9-13-28/h8-17,19,23-25,33,39,42H,5-7,18,20-22H2,1-4H3,(H,38,44)/t23-,24+,25-,33+/m1/s1. The van der Waals surface area contributed by atoms with Gasteiger partial charge in [-0.2, -0.15) is 0 Å². The largest absolute Gasteiger partial charge is 0.490 e. The number of sulfonamides is 1. The molecule has 1 aliphatic heterocycles. The molecule has 3 aromatic rings. The number of nitrogens with zero attached hydrogens (tertiary/aromatic N) is 2. The van der Waals surface area contributed by atoms with Gasteiger partial charge in [0.1, 0.15) is 17.4 Å². The maximum atomic E-state index is 14.3. The third kappa shape index (κ3) is 10.4. The third-order valence-electron chi connectivity index (χ3n) is 8.32. The van der Waals surface area contributed by atoms with Crippen molar-refractivity contribution in [2.24, 2.45) is 5.92 Å². The van der Waals surface area contributed by atoms with E-state index in [4.69, 9.17) is 9.47 Å². The van der Waals surface area contributed by atoms with Crippen LogP contribution in [0.3, 0.4) is 0 Å². The van der Waals surface area contributed by atoms with Crippen molar-refractivity contribution in [3.63, 3.8) is 0 Å². The van der Waals surface area contributed by atoms with Gasteiger partial charge in [-0.3, -0.25) is 9.52 Å². The zero-order chi connectivity index (χ0) is 35.7. The first-order chi connectivity index (χ1) is 23.3. The van der Waals surface area contributed by atoms with Crippen molar-refractivity contribution < 1.29 is 41.4 Å². The Bertz CT molecular complexity index is 1680. The maximum absolute atomic E-state index is 14.3. The van der Waals surface area contributed by atoms with Crippen molar-refractivity contribution >= 4 is 33.3 Å². The number of amides is 3. The fourth-order valence-electron chi connectivity index (χ4n) is 5.38. The van der Waals surface area contributed by atoms with Crippen LogP contribution in [0.4, 0.5) is 25.0 Å². The van der Waals surface area contributed by atoms with Gasteiger partial charge in [-0.15, -0.1) is 0 Å². The zero-order valence-corrected chi connectivity index (χ0v) is 28.9. The molecular weight excluding hydrogens is 658 g/mol. The van der Waals surface area contributed by atoms with E-state index in [2.05, 4.69) is 10.0 Å². The van der Waals surface area contributed by atoms with Crippen LogP contribution < -0.4 is 14.8 Å². The van der Waals surface area contributed by atoms with Crippen LogP contribution in [0.2, 0.25) is 0 Å². The molecule has 3 N–H and O–H groups in total. The highest BCUT2D eigenvalue weighted by atomic mass is 32.2. The number of rotatable bonds is 8. The molecule has 0 bridgehead atoms. The van der Waals surface area contributed by atoms with Gasteiger partial charge < -0.3 is 29.7 Å². The number of halogens is 2. The molecule has 0 unspecified atom stereocenters. The summed E-state index contributed by atoms with van der Waals surface area (Å²) in [6, 6.07) is 13.1. The second-order valence-corrected chi connectivity index (χ2v) is 14.1. The molecule has 4 rings (SSSR count). The normalized spacial score (nSPS) is 19.9. The molecule has 1 heterocycles. The first-order valence-electron chi connectivity index (χ1n) is 16.2. The third-order valence-corrected chi connectivity index (χ3v) is 9.72. The van der Waals surface area contributed by atoms with Crippen LogP contribution in [0.25, 0.3) is 0 Å². The van der Waals surface area contributed by atoms with Crippen LogP contribution in [0, 0.1) is 17.6 Å². The van der Waals surface area contributed by atoms with Crippen LogP contribution >= 0.6 is 0 Å². The van der Waals surface area contributed by atoms with Crippen LogP contribution in [-0.2, 0) is 14.8 Å². The lowest BCUT2D eigenvalue weighted by atomic mass is 10.0. The van der Waals surface area contributed by atoms with Crippen LogP contribution in [0.15, 0.2) is 71.6 Å². The Hall–Kier alpha value is -4.27. The zero-order valence-electron chi connectivity index (χ0n) is 28.1. The number of ether oxygens (including phenoxy) is 2. The number of hydrogen-bond acceptors (Lipinski definition) is 7. The lowest BCUT2D eigenvalue weighted by Gasteiger charge is -2.35. The number of aliphatic hydroxyl groups excluding tert-OH is 1. The number of aliphatic hydroxyl groups is 1. The molecule has 11 nitrogen and oxygen atoms in total. The van der Waals surface area contributed by atoms with E-state index in [0.717, 1.165) is 37.1 Å². The number of hydrogen-bond donors (Lipinski definition) is 3. The van der Waals surface area contributed by atoms with E-state index in [-0.39, 0.29) is 53.6 Å². The Kier molecular flexibility index (Phi) is 13.0. The highest BCUT2D eigenvalue weighted by Crippen LogP contribution is 2.29. The minimum absolute atomic E-state index is 0.0870. The summed E-state index contributed by atoms with van der Waals surface area (Å²) in [6.07, 6.45) is 1.32. The Balaban J connectivity index is 1.62.